The Morgan fingerprint density at radius 2 is 2.04 bits per heavy atom. The van der Waals surface area contributed by atoms with Crippen molar-refractivity contribution in [2.45, 2.75) is 39.7 Å². The monoisotopic (exact) mass is 330 g/mol. The molecule has 0 unspecified atom stereocenters. The number of fused-ring (bicyclic) bond motifs is 1. The van der Waals surface area contributed by atoms with Gasteiger partial charge in [0.2, 0.25) is 0 Å². The molecule has 24 heavy (non-hydrogen) atoms. The van der Waals surface area contributed by atoms with Crippen LogP contribution in [-0.4, -0.2) is 40.5 Å². The smallest absolute Gasteiger partial charge is 0.270 e. The van der Waals surface area contributed by atoms with Crippen LogP contribution in [0.1, 0.15) is 33.6 Å². The first kappa shape index (κ1) is 18.1. The average molecular weight is 330 g/mol. The van der Waals surface area contributed by atoms with Gasteiger partial charge in [0.1, 0.15) is 0 Å². The summed E-state index contributed by atoms with van der Waals surface area (Å²) in [6.07, 6.45) is 3.91. The van der Waals surface area contributed by atoms with Gasteiger partial charge in [-0.2, -0.15) is 0 Å². The van der Waals surface area contributed by atoms with Crippen LogP contribution in [0.25, 0.3) is 10.9 Å². The summed E-state index contributed by atoms with van der Waals surface area (Å²) >= 11 is 0. The highest BCUT2D eigenvalue weighted by molar-refractivity contribution is 5.92. The van der Waals surface area contributed by atoms with E-state index in [1.54, 1.807) is 18.3 Å². The van der Waals surface area contributed by atoms with E-state index < -0.39 is 0 Å². The maximum absolute atomic E-state index is 11.0. The number of hydrogen-bond donors (Lipinski definition) is 1. The maximum atomic E-state index is 11.0. The molecular weight excluding hydrogens is 304 g/mol. The summed E-state index contributed by atoms with van der Waals surface area (Å²) in [6.45, 7) is 9.77. The largest absolute Gasteiger partial charge is 0.382 e. The fraction of sp³-hybridized carbons (Fsp3) is 0.500. The van der Waals surface area contributed by atoms with Crippen LogP contribution < -0.4 is 5.32 Å². The summed E-state index contributed by atoms with van der Waals surface area (Å²) in [4.78, 5) is 17.3. The first-order valence-electron chi connectivity index (χ1n) is 8.57. The molecule has 0 spiro atoms. The molecule has 1 atom stereocenters. The molecular formula is C18H26N4O2. The minimum atomic E-state index is -0.371. The highest BCUT2D eigenvalue weighted by Crippen LogP contribution is 2.26. The number of nitrogens with one attached hydrogen (secondary N) is 1. The predicted octanol–water partition coefficient (Wildman–Crippen LogP) is 4.07. The number of benzene rings is 1. The van der Waals surface area contributed by atoms with Crippen molar-refractivity contribution >= 4 is 22.3 Å². The van der Waals surface area contributed by atoms with Gasteiger partial charge in [0.05, 0.1) is 10.4 Å². The topological polar surface area (TPSA) is 71.3 Å². The number of aromatic nitrogens is 1. The van der Waals surface area contributed by atoms with Gasteiger partial charge in [-0.3, -0.25) is 15.1 Å². The molecule has 0 aliphatic rings. The molecule has 0 bridgehead atoms. The Balaban J connectivity index is 2.05. The van der Waals surface area contributed by atoms with Crippen LogP contribution in [-0.2, 0) is 0 Å². The SMILES string of the molecule is CCN(CC)CCC[C@@H](C)Nc1ccnc2ccc([N+](=O)[O-])cc12. The fourth-order valence-corrected chi connectivity index (χ4v) is 2.87. The molecule has 1 N–H and O–H groups in total. The van der Waals surface area contributed by atoms with Gasteiger partial charge in [-0.25, -0.2) is 0 Å². The van der Waals surface area contributed by atoms with Crippen LogP contribution >= 0.6 is 0 Å². The number of nitrogens with zero attached hydrogens (tertiary/aromatic N) is 3. The summed E-state index contributed by atoms with van der Waals surface area (Å²) in [6, 6.07) is 6.96. The molecule has 2 rings (SSSR count). The van der Waals surface area contributed by atoms with E-state index in [1.807, 2.05) is 6.07 Å². The van der Waals surface area contributed by atoms with Crippen molar-refractivity contribution in [2.75, 3.05) is 25.0 Å². The highest BCUT2D eigenvalue weighted by Gasteiger charge is 2.11. The molecule has 0 aliphatic heterocycles. The predicted molar refractivity (Wildman–Crippen MR) is 98.5 cm³/mol. The van der Waals surface area contributed by atoms with Crippen LogP contribution in [0.15, 0.2) is 30.5 Å². The van der Waals surface area contributed by atoms with E-state index >= 15 is 0 Å². The fourth-order valence-electron chi connectivity index (χ4n) is 2.87. The van der Waals surface area contributed by atoms with Crippen molar-refractivity contribution in [1.29, 1.82) is 0 Å². The molecule has 0 radical (unpaired) electrons. The summed E-state index contributed by atoms with van der Waals surface area (Å²) in [7, 11) is 0. The van der Waals surface area contributed by atoms with Gasteiger partial charge in [-0.1, -0.05) is 13.8 Å². The Morgan fingerprint density at radius 1 is 1.29 bits per heavy atom. The number of nitro groups is 1. The number of nitro benzene ring substituents is 1. The lowest BCUT2D eigenvalue weighted by molar-refractivity contribution is -0.384. The van der Waals surface area contributed by atoms with E-state index in [4.69, 9.17) is 0 Å². The molecule has 0 fully saturated rings. The number of hydrogen-bond acceptors (Lipinski definition) is 5. The zero-order chi connectivity index (χ0) is 17.5. The average Bonchev–Trinajstić information content (AvgIpc) is 2.58. The van der Waals surface area contributed by atoms with Gasteiger partial charge in [0.15, 0.2) is 0 Å². The Hall–Kier alpha value is -2.21. The standard InChI is InChI=1S/C18H26N4O2/c1-4-21(5-2)12-6-7-14(3)20-18-10-11-19-17-9-8-15(22(23)24)13-16(17)18/h8-11,13-14H,4-7,12H2,1-3H3,(H,19,20)/t14-/m1/s1. The van der Waals surface area contributed by atoms with Gasteiger partial charge in [-0.05, 0) is 51.5 Å². The summed E-state index contributed by atoms with van der Waals surface area (Å²) in [5.74, 6) is 0. The lowest BCUT2D eigenvalue weighted by Gasteiger charge is -2.20. The molecule has 0 saturated heterocycles. The van der Waals surface area contributed by atoms with E-state index in [0.717, 1.165) is 49.1 Å². The third kappa shape index (κ3) is 4.64. The molecule has 1 aromatic carbocycles. The lowest BCUT2D eigenvalue weighted by Crippen LogP contribution is -2.25. The second-order valence-corrected chi connectivity index (χ2v) is 6.03. The zero-order valence-electron chi connectivity index (χ0n) is 14.7. The maximum Gasteiger partial charge on any atom is 0.270 e. The van der Waals surface area contributed by atoms with Crippen LogP contribution in [0.4, 0.5) is 11.4 Å². The first-order valence-corrected chi connectivity index (χ1v) is 8.57. The normalized spacial score (nSPS) is 12.5. The Kier molecular flexibility index (Phi) is 6.49. The van der Waals surface area contributed by atoms with Crippen LogP contribution in [0.2, 0.25) is 0 Å². The van der Waals surface area contributed by atoms with E-state index in [0.29, 0.717) is 6.04 Å². The molecule has 130 valence electrons. The molecule has 1 heterocycles. The Bertz CT molecular complexity index is 686. The molecule has 6 nitrogen and oxygen atoms in total. The number of pyridine rings is 1. The highest BCUT2D eigenvalue weighted by atomic mass is 16.6. The van der Waals surface area contributed by atoms with E-state index in [2.05, 4.69) is 36.0 Å². The first-order chi connectivity index (χ1) is 11.5. The minimum absolute atomic E-state index is 0.0905. The Morgan fingerprint density at radius 3 is 2.71 bits per heavy atom. The molecule has 0 amide bonds. The quantitative estimate of drug-likeness (QED) is 0.554. The number of non-ortho nitro benzene ring substituents is 1. The van der Waals surface area contributed by atoms with Gasteiger partial charge in [0.25, 0.3) is 5.69 Å². The van der Waals surface area contributed by atoms with Gasteiger partial charge in [0, 0.05) is 35.4 Å². The minimum Gasteiger partial charge on any atom is -0.382 e. The summed E-state index contributed by atoms with van der Waals surface area (Å²) in [5, 5.41) is 15.3. The molecule has 0 saturated carbocycles. The van der Waals surface area contributed by atoms with E-state index in [9.17, 15) is 10.1 Å². The number of rotatable bonds is 9. The van der Waals surface area contributed by atoms with Crippen molar-refractivity contribution < 1.29 is 4.92 Å². The van der Waals surface area contributed by atoms with Crippen molar-refractivity contribution in [3.8, 4) is 0 Å². The molecule has 6 heteroatoms. The Labute approximate surface area is 143 Å². The third-order valence-corrected chi connectivity index (χ3v) is 4.34. The summed E-state index contributed by atoms with van der Waals surface area (Å²) < 4.78 is 0. The van der Waals surface area contributed by atoms with Crippen molar-refractivity contribution in [3.63, 3.8) is 0 Å². The van der Waals surface area contributed by atoms with Crippen molar-refractivity contribution in [3.05, 3.63) is 40.6 Å². The van der Waals surface area contributed by atoms with Crippen LogP contribution in [0.5, 0.6) is 0 Å². The zero-order valence-corrected chi connectivity index (χ0v) is 14.7. The van der Waals surface area contributed by atoms with Gasteiger partial charge < -0.3 is 10.2 Å². The molecule has 0 aliphatic carbocycles. The second kappa shape index (κ2) is 8.59. The molecule has 1 aromatic heterocycles. The third-order valence-electron chi connectivity index (χ3n) is 4.34. The van der Waals surface area contributed by atoms with Crippen molar-refractivity contribution in [1.82, 2.24) is 9.88 Å². The second-order valence-electron chi connectivity index (χ2n) is 6.03. The summed E-state index contributed by atoms with van der Waals surface area (Å²) in [5.41, 5.74) is 1.76. The van der Waals surface area contributed by atoms with Crippen LogP contribution in [0.3, 0.4) is 0 Å². The van der Waals surface area contributed by atoms with Gasteiger partial charge >= 0.3 is 0 Å². The van der Waals surface area contributed by atoms with Crippen molar-refractivity contribution in [2.24, 2.45) is 0 Å². The van der Waals surface area contributed by atoms with Gasteiger partial charge in [-0.15, -0.1) is 0 Å². The van der Waals surface area contributed by atoms with Crippen LogP contribution in [0, 0.1) is 10.1 Å². The number of anilines is 1. The van der Waals surface area contributed by atoms with E-state index in [1.165, 1.54) is 6.07 Å². The molecule has 2 aromatic rings. The lowest BCUT2D eigenvalue weighted by atomic mass is 10.1. The van der Waals surface area contributed by atoms with E-state index in [-0.39, 0.29) is 10.6 Å².